The summed E-state index contributed by atoms with van der Waals surface area (Å²) in [4.78, 5) is 11.0. The van der Waals surface area contributed by atoms with Gasteiger partial charge in [0.2, 0.25) is 0 Å². The van der Waals surface area contributed by atoms with E-state index < -0.39 is 0 Å². The number of hydrogen-bond acceptors (Lipinski definition) is 3. The molecule has 0 aliphatic heterocycles. The van der Waals surface area contributed by atoms with Crippen LogP contribution in [0.5, 0.6) is 0 Å². The first-order chi connectivity index (χ1) is 10.3. The van der Waals surface area contributed by atoms with E-state index in [0.717, 1.165) is 6.42 Å². The Morgan fingerprint density at radius 1 is 0.714 bits per heavy atom. The molecule has 0 saturated carbocycles. The number of carbonyl (C=O) groups excluding carboxylic acids is 1. The molecule has 0 spiro atoms. The second kappa shape index (κ2) is 18.0. The maximum Gasteiger partial charge on any atom is 0.146 e. The first kappa shape index (κ1) is 21.0. The van der Waals surface area contributed by atoms with E-state index in [1.165, 1.54) is 82.8 Å². The van der Waals surface area contributed by atoms with Crippen LogP contribution in [0.1, 0.15) is 89.9 Å². The Labute approximate surface area is 137 Å². The Morgan fingerprint density at radius 2 is 1.10 bits per heavy atom. The van der Waals surface area contributed by atoms with Crippen LogP contribution in [0, 0.1) is 0 Å². The minimum atomic E-state index is 0.212. The number of thioether (sulfide) groups is 1. The molecule has 0 bridgehead atoms. The molecule has 0 rings (SSSR count). The van der Waals surface area contributed by atoms with Gasteiger partial charge in [-0.2, -0.15) is 11.8 Å². The van der Waals surface area contributed by atoms with Crippen molar-refractivity contribution in [2.24, 2.45) is 5.73 Å². The molecule has 0 aromatic heterocycles. The fraction of sp³-hybridized carbons (Fsp3) is 0.944. The minimum Gasteiger partial charge on any atom is -0.324 e. The molecule has 2 nitrogen and oxygen atoms in total. The topological polar surface area (TPSA) is 43.1 Å². The normalized spacial score (nSPS) is 11.0. The van der Waals surface area contributed by atoms with Crippen LogP contribution in [0.15, 0.2) is 0 Å². The molecule has 0 amide bonds. The van der Waals surface area contributed by atoms with Gasteiger partial charge in [0.1, 0.15) is 5.78 Å². The Morgan fingerprint density at radius 3 is 1.48 bits per heavy atom. The fourth-order valence-corrected chi connectivity index (χ4v) is 3.11. The first-order valence-corrected chi connectivity index (χ1v) is 10.4. The van der Waals surface area contributed by atoms with E-state index in [4.69, 9.17) is 5.73 Å². The quantitative estimate of drug-likeness (QED) is 0.368. The van der Waals surface area contributed by atoms with Crippen LogP contribution in [0.2, 0.25) is 0 Å². The zero-order chi connectivity index (χ0) is 15.6. The molecule has 0 heterocycles. The van der Waals surface area contributed by atoms with Gasteiger partial charge in [0.05, 0.1) is 6.54 Å². The third kappa shape index (κ3) is 17.9. The molecule has 0 radical (unpaired) electrons. The number of ketones is 1. The van der Waals surface area contributed by atoms with Crippen molar-refractivity contribution in [3.63, 3.8) is 0 Å². The predicted molar refractivity (Wildman–Crippen MR) is 97.1 cm³/mol. The van der Waals surface area contributed by atoms with Gasteiger partial charge in [-0.25, -0.2) is 0 Å². The zero-order valence-corrected chi connectivity index (χ0v) is 15.0. The van der Waals surface area contributed by atoms with E-state index in [9.17, 15) is 4.79 Å². The molecule has 0 atom stereocenters. The highest BCUT2D eigenvalue weighted by atomic mass is 32.2. The monoisotopic (exact) mass is 315 g/mol. The van der Waals surface area contributed by atoms with E-state index in [1.54, 1.807) is 0 Å². The Bertz CT molecular complexity index is 221. The SMILES string of the molecule is CSCCCCCCCCCCCCCCCC(=O)CN. The standard InChI is InChI=1S/C18H37NOS/c1-21-16-14-12-10-8-6-4-2-3-5-7-9-11-13-15-18(20)17-19/h2-17,19H2,1H3. The summed E-state index contributed by atoms with van der Waals surface area (Å²) < 4.78 is 0. The average molecular weight is 316 g/mol. The van der Waals surface area contributed by atoms with Gasteiger partial charge in [-0.15, -0.1) is 0 Å². The smallest absolute Gasteiger partial charge is 0.146 e. The minimum absolute atomic E-state index is 0.212. The van der Waals surface area contributed by atoms with Crippen molar-refractivity contribution < 1.29 is 4.79 Å². The third-order valence-corrected chi connectivity index (χ3v) is 4.73. The Hall–Kier alpha value is -0.0200. The molecule has 0 fully saturated rings. The van der Waals surface area contributed by atoms with Gasteiger partial charge in [-0.05, 0) is 24.9 Å². The summed E-state index contributed by atoms with van der Waals surface area (Å²) >= 11 is 1.97. The highest BCUT2D eigenvalue weighted by Crippen LogP contribution is 2.13. The van der Waals surface area contributed by atoms with Crippen molar-refractivity contribution in [2.75, 3.05) is 18.6 Å². The van der Waals surface area contributed by atoms with Crippen molar-refractivity contribution >= 4 is 17.5 Å². The molecule has 21 heavy (non-hydrogen) atoms. The van der Waals surface area contributed by atoms with Crippen LogP contribution in [0.25, 0.3) is 0 Å². The molecule has 0 saturated heterocycles. The van der Waals surface area contributed by atoms with Crippen LogP contribution in [0.4, 0.5) is 0 Å². The van der Waals surface area contributed by atoms with Crippen LogP contribution >= 0.6 is 11.8 Å². The van der Waals surface area contributed by atoms with Gasteiger partial charge in [-0.3, -0.25) is 4.79 Å². The molecule has 0 unspecified atom stereocenters. The summed E-state index contributed by atoms with van der Waals surface area (Å²) in [7, 11) is 0. The highest BCUT2D eigenvalue weighted by Gasteiger charge is 1.98. The van der Waals surface area contributed by atoms with Crippen LogP contribution in [-0.2, 0) is 4.79 Å². The zero-order valence-electron chi connectivity index (χ0n) is 14.2. The van der Waals surface area contributed by atoms with Gasteiger partial charge in [-0.1, -0.05) is 70.6 Å². The van der Waals surface area contributed by atoms with E-state index in [2.05, 4.69) is 6.26 Å². The number of hydrogen-bond donors (Lipinski definition) is 1. The van der Waals surface area contributed by atoms with Crippen molar-refractivity contribution in [3.8, 4) is 0 Å². The van der Waals surface area contributed by atoms with Crippen molar-refractivity contribution in [3.05, 3.63) is 0 Å². The number of rotatable bonds is 17. The lowest BCUT2D eigenvalue weighted by molar-refractivity contribution is -0.117. The van der Waals surface area contributed by atoms with E-state index in [1.807, 2.05) is 11.8 Å². The van der Waals surface area contributed by atoms with E-state index in [0.29, 0.717) is 6.42 Å². The van der Waals surface area contributed by atoms with Gasteiger partial charge < -0.3 is 5.73 Å². The maximum atomic E-state index is 11.0. The summed E-state index contributed by atoms with van der Waals surface area (Å²) in [5.74, 6) is 1.55. The molecule has 0 aromatic rings. The molecule has 0 aromatic carbocycles. The van der Waals surface area contributed by atoms with Gasteiger partial charge in [0, 0.05) is 6.42 Å². The van der Waals surface area contributed by atoms with Crippen molar-refractivity contribution in [2.45, 2.75) is 89.9 Å². The molecule has 126 valence electrons. The van der Waals surface area contributed by atoms with Crippen LogP contribution < -0.4 is 5.73 Å². The lowest BCUT2D eigenvalue weighted by atomic mass is 10.0. The molecule has 2 N–H and O–H groups in total. The maximum absolute atomic E-state index is 11.0. The van der Waals surface area contributed by atoms with Gasteiger partial charge >= 0.3 is 0 Å². The third-order valence-electron chi connectivity index (χ3n) is 4.03. The molecular formula is C18H37NOS. The van der Waals surface area contributed by atoms with Crippen LogP contribution in [0.3, 0.4) is 0 Å². The molecule has 3 heteroatoms. The largest absolute Gasteiger partial charge is 0.324 e. The lowest BCUT2D eigenvalue weighted by Crippen LogP contribution is -2.12. The van der Waals surface area contributed by atoms with Crippen molar-refractivity contribution in [1.29, 1.82) is 0 Å². The Balaban J connectivity index is 2.98. The average Bonchev–Trinajstić information content (AvgIpc) is 2.50. The molecular weight excluding hydrogens is 278 g/mol. The lowest BCUT2D eigenvalue weighted by Gasteiger charge is -2.03. The first-order valence-electron chi connectivity index (χ1n) is 9.02. The summed E-state index contributed by atoms with van der Waals surface area (Å²) in [6, 6.07) is 0. The van der Waals surface area contributed by atoms with E-state index in [-0.39, 0.29) is 12.3 Å². The predicted octanol–water partition coefficient (Wildman–Crippen LogP) is 5.34. The number of nitrogens with two attached hydrogens (primary N) is 1. The Kier molecular flexibility index (Phi) is 18.0. The molecule has 0 aliphatic carbocycles. The summed E-state index contributed by atoms with van der Waals surface area (Å²) in [6.07, 6.45) is 20.5. The van der Waals surface area contributed by atoms with E-state index >= 15 is 0 Å². The summed E-state index contributed by atoms with van der Waals surface area (Å²) in [5.41, 5.74) is 5.28. The highest BCUT2D eigenvalue weighted by molar-refractivity contribution is 7.98. The second-order valence-corrected chi connectivity index (χ2v) is 7.07. The number of unbranched alkanes of at least 4 members (excludes halogenated alkanes) is 12. The fourth-order valence-electron chi connectivity index (χ4n) is 2.62. The number of carbonyl (C=O) groups is 1. The second-order valence-electron chi connectivity index (χ2n) is 6.08. The number of Topliss-reactive ketones (excluding diaryl/α,β-unsaturated/α-hetero) is 1. The summed E-state index contributed by atoms with van der Waals surface area (Å²) in [5, 5.41) is 0. The molecule has 0 aliphatic rings. The van der Waals surface area contributed by atoms with Crippen LogP contribution in [-0.4, -0.2) is 24.3 Å². The van der Waals surface area contributed by atoms with Gasteiger partial charge in [0.25, 0.3) is 0 Å². The van der Waals surface area contributed by atoms with Crippen molar-refractivity contribution in [1.82, 2.24) is 0 Å². The van der Waals surface area contributed by atoms with Gasteiger partial charge in [0.15, 0.2) is 0 Å². The summed E-state index contributed by atoms with van der Waals surface area (Å²) in [6.45, 7) is 0.220.